The van der Waals surface area contributed by atoms with Gasteiger partial charge >= 0.3 is 5.97 Å². The molecular weight excluding hydrogens is 142 g/mol. The largest absolute Gasteiger partial charge is 0.465 e. The fourth-order valence-electron chi connectivity index (χ4n) is 0.982. The molecule has 0 fully saturated rings. The summed E-state index contributed by atoms with van der Waals surface area (Å²) in [5, 5.41) is 0. The van der Waals surface area contributed by atoms with Gasteiger partial charge in [-0.25, -0.2) is 4.79 Å². The third-order valence-electron chi connectivity index (χ3n) is 1.76. The topological polar surface area (TPSA) is 52.3 Å². The van der Waals surface area contributed by atoms with Crippen molar-refractivity contribution in [3.63, 3.8) is 0 Å². The number of esters is 1. The van der Waals surface area contributed by atoms with Crippen LogP contribution in [0, 0.1) is 5.92 Å². The average Bonchev–Trinajstić information content (AvgIpc) is 2.32. The van der Waals surface area contributed by atoms with Gasteiger partial charge in [0.05, 0.1) is 12.7 Å². The van der Waals surface area contributed by atoms with Crippen LogP contribution in [-0.4, -0.2) is 13.1 Å². The Morgan fingerprint density at radius 3 is 2.73 bits per heavy atom. The first kappa shape index (κ1) is 7.85. The van der Waals surface area contributed by atoms with Crippen molar-refractivity contribution < 1.29 is 9.53 Å². The molecule has 0 bridgehead atoms. The summed E-state index contributed by atoms with van der Waals surface area (Å²) in [5.74, 6) is -0.202. The summed E-state index contributed by atoms with van der Waals surface area (Å²) in [4.78, 5) is 11.0. The second-order valence-corrected chi connectivity index (χ2v) is 2.51. The summed E-state index contributed by atoms with van der Waals surface area (Å²) in [5.41, 5.74) is 6.70. The van der Waals surface area contributed by atoms with Crippen molar-refractivity contribution in [2.45, 2.75) is 6.92 Å². The molecule has 0 aromatic carbocycles. The molecule has 0 aliphatic heterocycles. The smallest absolute Gasteiger partial charge is 0.339 e. The van der Waals surface area contributed by atoms with Crippen LogP contribution in [0.4, 0.5) is 0 Å². The van der Waals surface area contributed by atoms with Gasteiger partial charge in [-0.2, -0.15) is 0 Å². The van der Waals surface area contributed by atoms with Crippen molar-refractivity contribution in [3.8, 4) is 0 Å². The summed E-state index contributed by atoms with van der Waals surface area (Å²) in [6.07, 6.45) is 3.58. The van der Waals surface area contributed by atoms with Crippen LogP contribution in [0.5, 0.6) is 0 Å². The molecule has 0 amide bonds. The first-order chi connectivity index (χ1) is 5.16. The van der Waals surface area contributed by atoms with Gasteiger partial charge in [0.15, 0.2) is 0 Å². The number of ether oxygens (including phenoxy) is 1. The van der Waals surface area contributed by atoms with E-state index in [1.54, 1.807) is 6.08 Å². The number of carbonyl (C=O) groups excluding carboxylic acids is 1. The standard InChI is InChI=1S/C8H11NO2/c1-5-3-4-6(7(5)9)8(10)11-2/h3-5H,9H2,1-2H3. The minimum absolute atomic E-state index is 0.157. The van der Waals surface area contributed by atoms with Crippen LogP contribution in [-0.2, 0) is 9.53 Å². The van der Waals surface area contributed by atoms with Gasteiger partial charge in [0.1, 0.15) is 0 Å². The number of nitrogens with two attached hydrogens (primary N) is 1. The molecule has 1 rings (SSSR count). The summed E-state index contributed by atoms with van der Waals surface area (Å²) in [6, 6.07) is 0. The quantitative estimate of drug-likeness (QED) is 0.560. The average molecular weight is 153 g/mol. The van der Waals surface area contributed by atoms with E-state index in [0.29, 0.717) is 11.3 Å². The van der Waals surface area contributed by atoms with Crippen molar-refractivity contribution >= 4 is 5.97 Å². The van der Waals surface area contributed by atoms with Gasteiger partial charge in [0.25, 0.3) is 0 Å². The van der Waals surface area contributed by atoms with E-state index in [9.17, 15) is 4.79 Å². The van der Waals surface area contributed by atoms with E-state index in [-0.39, 0.29) is 11.9 Å². The molecule has 1 unspecified atom stereocenters. The molecule has 3 heteroatoms. The molecule has 0 saturated carbocycles. The summed E-state index contributed by atoms with van der Waals surface area (Å²) in [7, 11) is 1.35. The van der Waals surface area contributed by atoms with Crippen LogP contribution in [0.3, 0.4) is 0 Å². The molecule has 0 aromatic heterocycles. The minimum Gasteiger partial charge on any atom is -0.465 e. The molecule has 3 nitrogen and oxygen atoms in total. The van der Waals surface area contributed by atoms with Gasteiger partial charge in [-0.15, -0.1) is 0 Å². The number of rotatable bonds is 1. The Bertz CT molecular complexity index is 240. The molecular formula is C8H11NO2. The zero-order valence-corrected chi connectivity index (χ0v) is 6.63. The van der Waals surface area contributed by atoms with Crippen molar-refractivity contribution in [2.24, 2.45) is 11.7 Å². The van der Waals surface area contributed by atoms with E-state index >= 15 is 0 Å². The number of methoxy groups -OCH3 is 1. The van der Waals surface area contributed by atoms with E-state index in [0.717, 1.165) is 0 Å². The lowest BCUT2D eigenvalue weighted by atomic mass is 10.1. The molecule has 1 aliphatic carbocycles. The second kappa shape index (κ2) is 2.78. The van der Waals surface area contributed by atoms with Crippen molar-refractivity contribution in [1.82, 2.24) is 0 Å². The zero-order chi connectivity index (χ0) is 8.43. The lowest BCUT2D eigenvalue weighted by Gasteiger charge is -2.02. The molecule has 0 aromatic rings. The van der Waals surface area contributed by atoms with Crippen LogP contribution in [0.2, 0.25) is 0 Å². The maximum Gasteiger partial charge on any atom is 0.339 e. The lowest BCUT2D eigenvalue weighted by Crippen LogP contribution is -2.11. The monoisotopic (exact) mass is 153 g/mol. The maximum atomic E-state index is 11.0. The van der Waals surface area contributed by atoms with E-state index < -0.39 is 0 Å². The Morgan fingerprint density at radius 2 is 2.36 bits per heavy atom. The number of hydrogen-bond donors (Lipinski definition) is 1. The molecule has 60 valence electrons. The molecule has 1 atom stereocenters. The van der Waals surface area contributed by atoms with Gasteiger partial charge in [-0.1, -0.05) is 13.0 Å². The number of allylic oxidation sites excluding steroid dienone is 1. The highest BCUT2D eigenvalue weighted by atomic mass is 16.5. The van der Waals surface area contributed by atoms with E-state index in [1.165, 1.54) is 7.11 Å². The van der Waals surface area contributed by atoms with Crippen LogP contribution < -0.4 is 5.73 Å². The van der Waals surface area contributed by atoms with Gasteiger partial charge in [0.2, 0.25) is 0 Å². The first-order valence-corrected chi connectivity index (χ1v) is 3.43. The third kappa shape index (κ3) is 1.27. The van der Waals surface area contributed by atoms with E-state index in [2.05, 4.69) is 4.74 Å². The predicted molar refractivity (Wildman–Crippen MR) is 41.5 cm³/mol. The SMILES string of the molecule is COC(=O)C1=C(N)C(C)C=C1. The van der Waals surface area contributed by atoms with Crippen LogP contribution >= 0.6 is 0 Å². The molecule has 11 heavy (non-hydrogen) atoms. The van der Waals surface area contributed by atoms with Crippen LogP contribution in [0.15, 0.2) is 23.4 Å². The van der Waals surface area contributed by atoms with Crippen molar-refractivity contribution in [3.05, 3.63) is 23.4 Å². The fourth-order valence-corrected chi connectivity index (χ4v) is 0.982. The third-order valence-corrected chi connectivity index (χ3v) is 1.76. The molecule has 0 heterocycles. The normalized spacial score (nSPS) is 22.5. The zero-order valence-electron chi connectivity index (χ0n) is 6.63. The van der Waals surface area contributed by atoms with Crippen molar-refractivity contribution in [1.29, 1.82) is 0 Å². The summed E-state index contributed by atoms with van der Waals surface area (Å²) < 4.78 is 4.52. The van der Waals surface area contributed by atoms with Gasteiger partial charge < -0.3 is 10.5 Å². The van der Waals surface area contributed by atoms with E-state index in [4.69, 9.17) is 5.73 Å². The molecule has 0 spiro atoms. The Kier molecular flexibility index (Phi) is 1.98. The Balaban J connectivity index is 2.88. The highest BCUT2D eigenvalue weighted by molar-refractivity contribution is 5.93. The summed E-state index contributed by atoms with van der Waals surface area (Å²) >= 11 is 0. The predicted octanol–water partition coefficient (Wildman–Crippen LogP) is 0.578. The van der Waals surface area contributed by atoms with Gasteiger partial charge in [-0.05, 0) is 6.08 Å². The van der Waals surface area contributed by atoms with Crippen molar-refractivity contribution in [2.75, 3.05) is 7.11 Å². The van der Waals surface area contributed by atoms with Crippen LogP contribution in [0.25, 0.3) is 0 Å². The van der Waals surface area contributed by atoms with Gasteiger partial charge in [0, 0.05) is 11.6 Å². The number of hydrogen-bond acceptors (Lipinski definition) is 3. The van der Waals surface area contributed by atoms with Gasteiger partial charge in [-0.3, -0.25) is 0 Å². The second-order valence-electron chi connectivity index (χ2n) is 2.51. The molecule has 1 aliphatic rings. The lowest BCUT2D eigenvalue weighted by molar-refractivity contribution is -0.135. The highest BCUT2D eigenvalue weighted by Crippen LogP contribution is 2.20. The minimum atomic E-state index is -0.358. The Labute approximate surface area is 65.5 Å². The Morgan fingerprint density at radius 1 is 1.73 bits per heavy atom. The maximum absolute atomic E-state index is 11.0. The highest BCUT2D eigenvalue weighted by Gasteiger charge is 2.19. The van der Waals surface area contributed by atoms with E-state index in [1.807, 2.05) is 13.0 Å². The molecule has 0 radical (unpaired) electrons. The molecule has 0 saturated heterocycles. The number of carbonyl (C=O) groups is 1. The molecule has 2 N–H and O–H groups in total. The fraction of sp³-hybridized carbons (Fsp3) is 0.375. The first-order valence-electron chi connectivity index (χ1n) is 3.43. The van der Waals surface area contributed by atoms with Crippen LogP contribution in [0.1, 0.15) is 6.92 Å². The summed E-state index contributed by atoms with van der Waals surface area (Å²) in [6.45, 7) is 1.93. The Hall–Kier alpha value is -1.25.